The lowest BCUT2D eigenvalue weighted by molar-refractivity contribution is 0.555. The van der Waals surface area contributed by atoms with Crippen LogP contribution in [-0.4, -0.2) is 41.5 Å². The fourth-order valence-corrected chi connectivity index (χ4v) is 3.00. The van der Waals surface area contributed by atoms with Crippen molar-refractivity contribution < 1.29 is 8.42 Å². The van der Waals surface area contributed by atoms with E-state index >= 15 is 0 Å². The zero-order valence-electron chi connectivity index (χ0n) is 11.9. The highest BCUT2D eigenvalue weighted by Crippen LogP contribution is 2.11. The van der Waals surface area contributed by atoms with Crippen LogP contribution in [0.25, 0.3) is 0 Å². The second kappa shape index (κ2) is 7.34. The number of aromatic nitrogens is 4. The van der Waals surface area contributed by atoms with Gasteiger partial charge in [0.1, 0.15) is 0 Å². The summed E-state index contributed by atoms with van der Waals surface area (Å²) < 4.78 is 28.7. The van der Waals surface area contributed by atoms with E-state index in [1.807, 2.05) is 0 Å². The van der Waals surface area contributed by atoms with E-state index in [1.54, 1.807) is 23.1 Å². The molecule has 0 unspecified atom stereocenters. The van der Waals surface area contributed by atoms with Gasteiger partial charge in [-0.05, 0) is 19.0 Å². The van der Waals surface area contributed by atoms with Gasteiger partial charge >= 0.3 is 0 Å². The van der Waals surface area contributed by atoms with Gasteiger partial charge in [0, 0.05) is 31.0 Å². The van der Waals surface area contributed by atoms with E-state index in [2.05, 4.69) is 32.3 Å². The molecule has 0 aliphatic rings. The molecule has 0 bridgehead atoms. The Morgan fingerprint density at radius 1 is 1.38 bits per heavy atom. The van der Waals surface area contributed by atoms with Crippen molar-refractivity contribution >= 4 is 10.0 Å². The van der Waals surface area contributed by atoms with Crippen LogP contribution in [0.3, 0.4) is 0 Å². The standard InChI is InChI=1S/C12H20N6O2S/c1-2-4-13-9-11-10-14-17-12(11)21(19,20)16-6-8-18-7-3-5-15-18/h3,5,7,10,13,16H,2,4,6,8-9H2,1H3,(H,14,17). The van der Waals surface area contributed by atoms with E-state index < -0.39 is 10.0 Å². The molecule has 2 rings (SSSR count). The minimum absolute atomic E-state index is 0.117. The molecule has 0 fully saturated rings. The molecule has 2 heterocycles. The maximum absolute atomic E-state index is 12.2. The van der Waals surface area contributed by atoms with Gasteiger partial charge in [-0.25, -0.2) is 13.1 Å². The quantitative estimate of drug-likeness (QED) is 0.569. The lowest BCUT2D eigenvalue weighted by Gasteiger charge is -2.08. The Morgan fingerprint density at radius 3 is 2.95 bits per heavy atom. The van der Waals surface area contributed by atoms with E-state index in [-0.39, 0.29) is 11.6 Å². The number of nitrogens with one attached hydrogen (secondary N) is 3. The van der Waals surface area contributed by atoms with Crippen LogP contribution in [0.15, 0.2) is 29.7 Å². The van der Waals surface area contributed by atoms with Gasteiger partial charge < -0.3 is 5.32 Å². The highest BCUT2D eigenvalue weighted by Gasteiger charge is 2.20. The largest absolute Gasteiger partial charge is 0.313 e. The Hall–Kier alpha value is -1.71. The summed E-state index contributed by atoms with van der Waals surface area (Å²) in [5, 5.41) is 13.7. The Balaban J connectivity index is 1.94. The van der Waals surface area contributed by atoms with Crippen LogP contribution in [0, 0.1) is 0 Å². The Morgan fingerprint density at radius 2 is 2.24 bits per heavy atom. The molecule has 0 saturated carbocycles. The fourth-order valence-electron chi connectivity index (χ4n) is 1.86. The molecule has 3 N–H and O–H groups in total. The van der Waals surface area contributed by atoms with Gasteiger partial charge in [0.25, 0.3) is 10.0 Å². The SMILES string of the molecule is CCCNCc1cn[nH]c1S(=O)(=O)NCCn1cccn1. The van der Waals surface area contributed by atoms with Crippen LogP contribution in [0.2, 0.25) is 0 Å². The van der Waals surface area contributed by atoms with Crippen molar-refractivity contribution in [3.05, 3.63) is 30.2 Å². The molecule has 21 heavy (non-hydrogen) atoms. The van der Waals surface area contributed by atoms with Crippen molar-refractivity contribution in [1.82, 2.24) is 30.0 Å². The van der Waals surface area contributed by atoms with Gasteiger partial charge in [-0.3, -0.25) is 9.78 Å². The molecule has 0 atom stereocenters. The van der Waals surface area contributed by atoms with Crippen LogP contribution in [0.5, 0.6) is 0 Å². The molecule has 0 aliphatic carbocycles. The second-order valence-corrected chi connectivity index (χ2v) is 6.27. The number of rotatable bonds is 9. The third-order valence-corrected chi connectivity index (χ3v) is 4.36. The first-order chi connectivity index (χ1) is 10.1. The minimum Gasteiger partial charge on any atom is -0.313 e. The molecule has 0 aliphatic heterocycles. The number of hydrogen-bond donors (Lipinski definition) is 3. The van der Waals surface area contributed by atoms with Gasteiger partial charge in [0.05, 0.1) is 12.7 Å². The van der Waals surface area contributed by atoms with Crippen molar-refractivity contribution in [2.75, 3.05) is 13.1 Å². The van der Waals surface area contributed by atoms with Crippen molar-refractivity contribution in [3.8, 4) is 0 Å². The lowest BCUT2D eigenvalue weighted by atomic mass is 10.3. The summed E-state index contributed by atoms with van der Waals surface area (Å²) in [6.07, 6.45) is 5.96. The molecule has 2 aromatic rings. The van der Waals surface area contributed by atoms with Crippen LogP contribution in [0.4, 0.5) is 0 Å². The van der Waals surface area contributed by atoms with E-state index in [0.29, 0.717) is 18.7 Å². The van der Waals surface area contributed by atoms with Crippen LogP contribution >= 0.6 is 0 Å². The van der Waals surface area contributed by atoms with Crippen LogP contribution in [0.1, 0.15) is 18.9 Å². The van der Waals surface area contributed by atoms with Crippen LogP contribution in [-0.2, 0) is 23.1 Å². The number of nitrogens with zero attached hydrogens (tertiary/aromatic N) is 3. The summed E-state index contributed by atoms with van der Waals surface area (Å²) in [5.41, 5.74) is 0.634. The van der Waals surface area contributed by atoms with E-state index in [9.17, 15) is 8.42 Å². The molecule has 0 radical (unpaired) electrons. The second-order valence-electron chi connectivity index (χ2n) is 4.57. The Labute approximate surface area is 124 Å². The maximum Gasteiger partial charge on any atom is 0.257 e. The molecule has 0 spiro atoms. The predicted octanol–water partition coefficient (Wildman–Crippen LogP) is 0.0843. The van der Waals surface area contributed by atoms with Crippen molar-refractivity contribution in [1.29, 1.82) is 0 Å². The van der Waals surface area contributed by atoms with Gasteiger partial charge in [-0.1, -0.05) is 6.92 Å². The number of H-pyrrole nitrogens is 1. The number of aromatic amines is 1. The molecular formula is C12H20N6O2S. The first-order valence-electron chi connectivity index (χ1n) is 6.83. The van der Waals surface area contributed by atoms with Gasteiger partial charge in [0.2, 0.25) is 0 Å². The molecular weight excluding hydrogens is 292 g/mol. The molecule has 2 aromatic heterocycles. The van der Waals surface area contributed by atoms with E-state index in [4.69, 9.17) is 0 Å². The van der Waals surface area contributed by atoms with Gasteiger partial charge in [0.15, 0.2) is 5.03 Å². The van der Waals surface area contributed by atoms with Crippen LogP contribution < -0.4 is 10.0 Å². The van der Waals surface area contributed by atoms with E-state index in [0.717, 1.165) is 13.0 Å². The summed E-state index contributed by atoms with van der Waals surface area (Å²) in [6.45, 7) is 4.10. The first kappa shape index (κ1) is 15.7. The average Bonchev–Trinajstić information content (AvgIpc) is 3.10. The van der Waals surface area contributed by atoms with Crippen molar-refractivity contribution in [2.45, 2.75) is 31.5 Å². The summed E-state index contributed by atoms with van der Waals surface area (Å²) in [6, 6.07) is 1.79. The maximum atomic E-state index is 12.2. The molecule has 116 valence electrons. The number of hydrogen-bond acceptors (Lipinski definition) is 5. The third kappa shape index (κ3) is 4.38. The highest BCUT2D eigenvalue weighted by molar-refractivity contribution is 7.89. The monoisotopic (exact) mass is 312 g/mol. The Kier molecular flexibility index (Phi) is 5.48. The van der Waals surface area contributed by atoms with Crippen molar-refractivity contribution in [2.24, 2.45) is 0 Å². The van der Waals surface area contributed by atoms with Crippen molar-refractivity contribution in [3.63, 3.8) is 0 Å². The predicted molar refractivity (Wildman–Crippen MR) is 78.0 cm³/mol. The topological polar surface area (TPSA) is 105 Å². The van der Waals surface area contributed by atoms with Gasteiger partial charge in [-0.2, -0.15) is 10.2 Å². The fraction of sp³-hybridized carbons (Fsp3) is 0.500. The summed E-state index contributed by atoms with van der Waals surface area (Å²) in [5.74, 6) is 0. The highest BCUT2D eigenvalue weighted by atomic mass is 32.2. The number of sulfonamides is 1. The zero-order chi connectivity index (χ0) is 15.1. The molecule has 9 heteroatoms. The summed E-state index contributed by atoms with van der Waals surface area (Å²) >= 11 is 0. The first-order valence-corrected chi connectivity index (χ1v) is 8.32. The minimum atomic E-state index is -3.59. The molecule has 8 nitrogen and oxygen atoms in total. The Bertz CT molecular complexity index is 635. The smallest absolute Gasteiger partial charge is 0.257 e. The zero-order valence-corrected chi connectivity index (χ0v) is 12.7. The normalized spacial score (nSPS) is 11.9. The average molecular weight is 312 g/mol. The summed E-state index contributed by atoms with van der Waals surface area (Å²) in [4.78, 5) is 0. The summed E-state index contributed by atoms with van der Waals surface area (Å²) in [7, 11) is -3.59. The van der Waals surface area contributed by atoms with Gasteiger partial charge in [-0.15, -0.1) is 0 Å². The lowest BCUT2D eigenvalue weighted by Crippen LogP contribution is -2.29. The molecule has 0 aromatic carbocycles. The molecule has 0 saturated heterocycles. The van der Waals surface area contributed by atoms with E-state index in [1.165, 1.54) is 6.20 Å². The third-order valence-electron chi connectivity index (χ3n) is 2.88. The molecule has 0 amide bonds.